The molecule has 1 unspecified atom stereocenters. The SMILES string of the molecule is CC(NS(=O)(=O)c1cccnc1CN)c1ccccn1. The Labute approximate surface area is 118 Å². The minimum atomic E-state index is -3.68. The molecule has 2 rings (SSSR count). The molecule has 6 nitrogen and oxygen atoms in total. The van der Waals surface area contributed by atoms with Gasteiger partial charge in [-0.3, -0.25) is 9.97 Å². The van der Waals surface area contributed by atoms with E-state index in [9.17, 15) is 8.42 Å². The monoisotopic (exact) mass is 292 g/mol. The average molecular weight is 292 g/mol. The Bertz CT molecular complexity index is 674. The summed E-state index contributed by atoms with van der Waals surface area (Å²) in [5.74, 6) is 0. The second-order valence-electron chi connectivity index (χ2n) is 4.25. The molecule has 1 atom stereocenters. The van der Waals surface area contributed by atoms with Crippen molar-refractivity contribution in [3.8, 4) is 0 Å². The molecule has 7 heteroatoms. The number of pyridine rings is 2. The van der Waals surface area contributed by atoms with Gasteiger partial charge in [-0.25, -0.2) is 13.1 Å². The van der Waals surface area contributed by atoms with Crippen LogP contribution in [0.4, 0.5) is 0 Å². The van der Waals surface area contributed by atoms with Crippen LogP contribution in [0.2, 0.25) is 0 Å². The van der Waals surface area contributed by atoms with Crippen molar-refractivity contribution in [2.24, 2.45) is 5.73 Å². The highest BCUT2D eigenvalue weighted by molar-refractivity contribution is 7.89. The molecule has 0 aliphatic carbocycles. The van der Waals surface area contributed by atoms with Gasteiger partial charge in [0.05, 0.1) is 17.4 Å². The van der Waals surface area contributed by atoms with Crippen molar-refractivity contribution in [2.75, 3.05) is 0 Å². The Morgan fingerprint density at radius 1 is 1.20 bits per heavy atom. The number of aromatic nitrogens is 2. The molecule has 2 aromatic rings. The smallest absolute Gasteiger partial charge is 0.243 e. The number of rotatable bonds is 5. The number of hydrogen-bond donors (Lipinski definition) is 2. The van der Waals surface area contributed by atoms with Gasteiger partial charge in [0.1, 0.15) is 4.90 Å². The first kappa shape index (κ1) is 14.6. The van der Waals surface area contributed by atoms with Gasteiger partial charge < -0.3 is 5.73 Å². The quantitative estimate of drug-likeness (QED) is 0.856. The number of nitrogens with zero attached hydrogens (tertiary/aromatic N) is 2. The van der Waals surface area contributed by atoms with Crippen LogP contribution in [0.3, 0.4) is 0 Å². The fourth-order valence-corrected chi connectivity index (χ4v) is 3.23. The maximum atomic E-state index is 12.4. The van der Waals surface area contributed by atoms with E-state index in [2.05, 4.69) is 14.7 Å². The normalized spacial score (nSPS) is 13.1. The summed E-state index contributed by atoms with van der Waals surface area (Å²) >= 11 is 0. The highest BCUT2D eigenvalue weighted by atomic mass is 32.2. The Morgan fingerprint density at radius 3 is 2.60 bits per heavy atom. The van der Waals surface area contributed by atoms with Gasteiger partial charge >= 0.3 is 0 Å². The lowest BCUT2D eigenvalue weighted by molar-refractivity contribution is 0.562. The second kappa shape index (κ2) is 6.08. The Kier molecular flexibility index (Phi) is 4.43. The molecule has 20 heavy (non-hydrogen) atoms. The second-order valence-corrected chi connectivity index (χ2v) is 5.93. The van der Waals surface area contributed by atoms with Crippen LogP contribution in [0.25, 0.3) is 0 Å². The third-order valence-corrected chi connectivity index (χ3v) is 4.41. The van der Waals surface area contributed by atoms with E-state index in [1.54, 1.807) is 31.3 Å². The van der Waals surface area contributed by atoms with Crippen molar-refractivity contribution in [2.45, 2.75) is 24.4 Å². The van der Waals surface area contributed by atoms with E-state index in [1.807, 2.05) is 6.07 Å². The third kappa shape index (κ3) is 3.19. The standard InChI is InChI=1S/C13H16N4O2S/c1-10(11-5-2-3-7-15-11)17-20(18,19)13-6-4-8-16-12(13)9-14/h2-8,10,17H,9,14H2,1H3. The molecule has 0 aliphatic rings. The lowest BCUT2D eigenvalue weighted by Gasteiger charge is -2.15. The van der Waals surface area contributed by atoms with Crippen molar-refractivity contribution in [3.63, 3.8) is 0 Å². The molecule has 0 amide bonds. The fraction of sp³-hybridized carbons (Fsp3) is 0.231. The first-order valence-corrected chi connectivity index (χ1v) is 7.60. The molecule has 0 aliphatic heterocycles. The van der Waals surface area contributed by atoms with Crippen LogP contribution in [-0.2, 0) is 16.6 Å². The highest BCUT2D eigenvalue weighted by Gasteiger charge is 2.21. The first-order chi connectivity index (χ1) is 9.54. The maximum Gasteiger partial charge on any atom is 0.243 e. The van der Waals surface area contributed by atoms with E-state index < -0.39 is 16.1 Å². The van der Waals surface area contributed by atoms with Crippen molar-refractivity contribution >= 4 is 10.0 Å². The van der Waals surface area contributed by atoms with E-state index in [0.29, 0.717) is 11.4 Å². The predicted octanol–water partition coefficient (Wildman–Crippen LogP) is 0.975. The highest BCUT2D eigenvalue weighted by Crippen LogP contribution is 2.17. The summed E-state index contributed by atoms with van der Waals surface area (Å²) in [6.07, 6.45) is 3.14. The molecule has 0 aromatic carbocycles. The maximum absolute atomic E-state index is 12.4. The summed E-state index contributed by atoms with van der Waals surface area (Å²) in [6.45, 7) is 1.80. The zero-order chi connectivity index (χ0) is 14.6. The van der Waals surface area contributed by atoms with Crippen LogP contribution < -0.4 is 10.5 Å². The van der Waals surface area contributed by atoms with Crippen molar-refractivity contribution in [1.29, 1.82) is 0 Å². The topological polar surface area (TPSA) is 98.0 Å². The molecule has 2 aromatic heterocycles. The van der Waals surface area contributed by atoms with E-state index in [-0.39, 0.29) is 11.4 Å². The molecule has 0 bridgehead atoms. The van der Waals surface area contributed by atoms with Crippen molar-refractivity contribution in [1.82, 2.24) is 14.7 Å². The molecular formula is C13H16N4O2S. The minimum Gasteiger partial charge on any atom is -0.325 e. The number of nitrogens with one attached hydrogen (secondary N) is 1. The van der Waals surface area contributed by atoms with E-state index in [4.69, 9.17) is 5.73 Å². The number of nitrogens with two attached hydrogens (primary N) is 1. The lowest BCUT2D eigenvalue weighted by Crippen LogP contribution is -2.28. The van der Waals surface area contributed by atoms with Gasteiger partial charge in [-0.05, 0) is 31.2 Å². The summed E-state index contributed by atoms with van der Waals surface area (Å²) in [5.41, 5.74) is 6.51. The molecule has 0 radical (unpaired) electrons. The van der Waals surface area contributed by atoms with E-state index in [0.717, 1.165) is 0 Å². The Morgan fingerprint density at radius 2 is 1.95 bits per heavy atom. The summed E-state index contributed by atoms with van der Waals surface area (Å²) in [5, 5.41) is 0. The molecule has 2 heterocycles. The van der Waals surface area contributed by atoms with Gasteiger partial charge in [0, 0.05) is 18.9 Å². The van der Waals surface area contributed by atoms with Crippen LogP contribution >= 0.6 is 0 Å². The summed E-state index contributed by atoms with van der Waals surface area (Å²) in [6, 6.07) is 7.97. The van der Waals surface area contributed by atoms with Crippen LogP contribution in [0.1, 0.15) is 24.4 Å². The van der Waals surface area contributed by atoms with Crippen molar-refractivity contribution in [3.05, 3.63) is 54.1 Å². The Hall–Kier alpha value is -1.83. The van der Waals surface area contributed by atoms with Crippen molar-refractivity contribution < 1.29 is 8.42 Å². The fourth-order valence-electron chi connectivity index (χ4n) is 1.81. The van der Waals surface area contributed by atoms with Crippen LogP contribution in [0.5, 0.6) is 0 Å². The van der Waals surface area contributed by atoms with E-state index in [1.165, 1.54) is 12.3 Å². The predicted molar refractivity (Wildman–Crippen MR) is 75.1 cm³/mol. The molecule has 3 N–H and O–H groups in total. The molecular weight excluding hydrogens is 276 g/mol. The summed E-state index contributed by atoms with van der Waals surface area (Å²) in [7, 11) is -3.68. The molecule has 0 fully saturated rings. The first-order valence-electron chi connectivity index (χ1n) is 6.12. The Balaban J connectivity index is 2.28. The van der Waals surface area contributed by atoms with Crippen LogP contribution in [0, 0.1) is 0 Å². The van der Waals surface area contributed by atoms with Crippen LogP contribution in [0.15, 0.2) is 47.6 Å². The zero-order valence-electron chi connectivity index (χ0n) is 11.0. The van der Waals surface area contributed by atoms with E-state index >= 15 is 0 Å². The number of sulfonamides is 1. The van der Waals surface area contributed by atoms with Gasteiger partial charge in [-0.2, -0.15) is 0 Å². The summed E-state index contributed by atoms with van der Waals surface area (Å²) < 4.78 is 27.3. The number of hydrogen-bond acceptors (Lipinski definition) is 5. The molecule has 0 saturated heterocycles. The lowest BCUT2D eigenvalue weighted by atomic mass is 10.2. The van der Waals surface area contributed by atoms with Gasteiger partial charge in [-0.15, -0.1) is 0 Å². The van der Waals surface area contributed by atoms with Gasteiger partial charge in [0.25, 0.3) is 0 Å². The minimum absolute atomic E-state index is 0.0645. The van der Waals surface area contributed by atoms with Gasteiger partial charge in [0.15, 0.2) is 0 Å². The average Bonchev–Trinajstić information content (AvgIpc) is 2.47. The largest absolute Gasteiger partial charge is 0.325 e. The third-order valence-electron chi connectivity index (χ3n) is 2.79. The van der Waals surface area contributed by atoms with Gasteiger partial charge in [0.2, 0.25) is 10.0 Å². The zero-order valence-corrected chi connectivity index (χ0v) is 11.8. The molecule has 106 valence electrons. The molecule has 0 saturated carbocycles. The molecule has 0 spiro atoms. The van der Waals surface area contributed by atoms with Crippen LogP contribution in [-0.4, -0.2) is 18.4 Å². The van der Waals surface area contributed by atoms with Gasteiger partial charge in [-0.1, -0.05) is 6.07 Å². The summed E-state index contributed by atoms with van der Waals surface area (Å²) in [4.78, 5) is 8.22.